The quantitative estimate of drug-likeness (QED) is 0.754. The molecule has 0 aromatic heterocycles. The Labute approximate surface area is 138 Å². The van der Waals surface area contributed by atoms with E-state index >= 15 is 0 Å². The number of hydrogen-bond acceptors (Lipinski definition) is 2. The van der Waals surface area contributed by atoms with E-state index in [-0.39, 0.29) is 6.09 Å². The Morgan fingerprint density at radius 2 is 2.00 bits per heavy atom. The predicted octanol–water partition coefficient (Wildman–Crippen LogP) is 4.67. The summed E-state index contributed by atoms with van der Waals surface area (Å²) in [6.07, 6.45) is 6.19. The smallest absolute Gasteiger partial charge is 0.410 e. The Morgan fingerprint density at radius 3 is 2.74 bits per heavy atom. The van der Waals surface area contributed by atoms with Crippen molar-refractivity contribution in [3.8, 4) is 0 Å². The number of ether oxygens (including phenoxy) is 1. The topological polar surface area (TPSA) is 29.5 Å². The van der Waals surface area contributed by atoms with Gasteiger partial charge in [-0.25, -0.2) is 4.79 Å². The fraction of sp³-hybridized carbons (Fsp3) is 0.450. The van der Waals surface area contributed by atoms with Crippen LogP contribution in [0.25, 0.3) is 11.1 Å². The number of hydrogen-bond donors (Lipinski definition) is 0. The summed E-state index contributed by atoms with van der Waals surface area (Å²) >= 11 is 0. The molecular weight excluding hydrogens is 286 g/mol. The first-order valence-corrected chi connectivity index (χ1v) is 8.31. The van der Waals surface area contributed by atoms with Gasteiger partial charge in [-0.3, -0.25) is 0 Å². The van der Waals surface area contributed by atoms with Crippen LogP contribution in [0.4, 0.5) is 4.79 Å². The Kier molecular flexibility index (Phi) is 4.05. The van der Waals surface area contributed by atoms with Crippen molar-refractivity contribution in [1.82, 2.24) is 4.90 Å². The van der Waals surface area contributed by atoms with E-state index in [0.29, 0.717) is 6.54 Å². The van der Waals surface area contributed by atoms with Crippen molar-refractivity contribution in [2.45, 2.75) is 46.1 Å². The molecule has 122 valence electrons. The summed E-state index contributed by atoms with van der Waals surface area (Å²) < 4.78 is 5.50. The van der Waals surface area contributed by atoms with Crippen LogP contribution in [0.15, 0.2) is 30.4 Å². The molecule has 23 heavy (non-hydrogen) atoms. The third-order valence-electron chi connectivity index (χ3n) is 4.33. The maximum absolute atomic E-state index is 12.3. The Hall–Kier alpha value is -2.03. The molecule has 1 aromatic rings. The average Bonchev–Trinajstić information content (AvgIpc) is 2.87. The molecule has 1 aromatic carbocycles. The molecule has 0 bridgehead atoms. The van der Waals surface area contributed by atoms with Gasteiger partial charge in [-0.05, 0) is 68.4 Å². The Morgan fingerprint density at radius 1 is 1.22 bits per heavy atom. The predicted molar refractivity (Wildman–Crippen MR) is 94.2 cm³/mol. The third-order valence-corrected chi connectivity index (χ3v) is 4.33. The summed E-state index contributed by atoms with van der Waals surface area (Å²) in [6, 6.07) is 6.65. The maximum Gasteiger partial charge on any atom is 0.410 e. The van der Waals surface area contributed by atoms with E-state index in [2.05, 4.69) is 37.3 Å². The number of fused-ring (bicyclic) bond motifs is 1. The van der Waals surface area contributed by atoms with Crippen molar-refractivity contribution in [1.29, 1.82) is 0 Å². The number of rotatable bonds is 1. The van der Waals surface area contributed by atoms with E-state index in [1.165, 1.54) is 27.8 Å². The number of allylic oxidation sites excluding steroid dienone is 2. The van der Waals surface area contributed by atoms with Crippen molar-refractivity contribution in [2.24, 2.45) is 0 Å². The minimum atomic E-state index is -0.449. The molecule has 0 saturated carbocycles. The normalized spacial score (nSPS) is 17.5. The first-order valence-electron chi connectivity index (χ1n) is 8.31. The van der Waals surface area contributed by atoms with Crippen LogP contribution in [0.3, 0.4) is 0 Å². The second-order valence-corrected chi connectivity index (χ2v) is 7.38. The lowest BCUT2D eigenvalue weighted by Gasteiger charge is -2.30. The van der Waals surface area contributed by atoms with Gasteiger partial charge in [0.05, 0.1) is 0 Å². The van der Waals surface area contributed by atoms with Gasteiger partial charge in [-0.1, -0.05) is 30.4 Å². The van der Waals surface area contributed by atoms with Gasteiger partial charge in [-0.2, -0.15) is 0 Å². The molecule has 0 atom stereocenters. The fourth-order valence-corrected chi connectivity index (χ4v) is 3.16. The first-order chi connectivity index (χ1) is 10.8. The Balaban J connectivity index is 1.75. The highest BCUT2D eigenvalue weighted by Gasteiger charge is 2.25. The molecule has 0 radical (unpaired) electrons. The molecule has 0 unspecified atom stereocenters. The van der Waals surface area contributed by atoms with Gasteiger partial charge in [-0.15, -0.1) is 0 Å². The van der Waals surface area contributed by atoms with Gasteiger partial charge in [0, 0.05) is 13.1 Å². The Bertz CT molecular complexity index is 692. The van der Waals surface area contributed by atoms with E-state index in [1.807, 2.05) is 20.8 Å². The van der Waals surface area contributed by atoms with E-state index in [9.17, 15) is 4.79 Å². The molecule has 0 N–H and O–H groups in total. The van der Waals surface area contributed by atoms with Crippen molar-refractivity contribution < 1.29 is 9.53 Å². The highest BCUT2D eigenvalue weighted by molar-refractivity contribution is 5.78. The van der Waals surface area contributed by atoms with Crippen LogP contribution in [0, 0.1) is 0 Å². The number of amides is 1. The van der Waals surface area contributed by atoms with Crippen LogP contribution in [0.5, 0.6) is 0 Å². The van der Waals surface area contributed by atoms with Crippen molar-refractivity contribution >= 4 is 17.2 Å². The van der Waals surface area contributed by atoms with E-state index in [4.69, 9.17) is 4.74 Å². The molecule has 0 saturated heterocycles. The van der Waals surface area contributed by atoms with Crippen molar-refractivity contribution in [2.75, 3.05) is 13.1 Å². The number of carbonyl (C=O) groups excluding carboxylic acids is 1. The largest absolute Gasteiger partial charge is 0.444 e. The molecule has 3 heteroatoms. The summed E-state index contributed by atoms with van der Waals surface area (Å²) in [5.41, 5.74) is 6.09. The van der Waals surface area contributed by atoms with Crippen LogP contribution in [-0.2, 0) is 11.2 Å². The highest BCUT2D eigenvalue weighted by atomic mass is 16.6. The minimum absolute atomic E-state index is 0.221. The van der Waals surface area contributed by atoms with Crippen LogP contribution in [-0.4, -0.2) is 29.7 Å². The molecular formula is C20H25NO2. The van der Waals surface area contributed by atoms with Crippen molar-refractivity contribution in [3.63, 3.8) is 0 Å². The highest BCUT2D eigenvalue weighted by Crippen LogP contribution is 2.31. The second-order valence-electron chi connectivity index (χ2n) is 7.38. The standard InChI is InChI=1S/C20H25NO2/c1-14-7-8-16-12-15(9-10-18(14)16)17-6-5-11-21(13-17)19(22)23-20(2,3)4/h6-7,9-10,12H,5,8,11,13H2,1-4H3. The molecule has 1 amide bonds. The number of nitrogens with zero attached hydrogens (tertiary/aromatic N) is 1. The molecule has 3 rings (SSSR count). The minimum Gasteiger partial charge on any atom is -0.444 e. The summed E-state index contributed by atoms with van der Waals surface area (Å²) in [5, 5.41) is 0. The lowest BCUT2D eigenvalue weighted by atomic mass is 9.96. The zero-order valence-corrected chi connectivity index (χ0v) is 14.5. The van der Waals surface area contributed by atoms with E-state index in [1.54, 1.807) is 4.90 Å². The molecule has 1 aliphatic heterocycles. The van der Waals surface area contributed by atoms with E-state index in [0.717, 1.165) is 19.4 Å². The number of carbonyl (C=O) groups is 1. The van der Waals surface area contributed by atoms with Crippen LogP contribution in [0.2, 0.25) is 0 Å². The monoisotopic (exact) mass is 311 g/mol. The van der Waals surface area contributed by atoms with Gasteiger partial charge in [0.25, 0.3) is 0 Å². The SMILES string of the molecule is CC1=CCc2cc(C3=CCCN(C(=O)OC(C)(C)C)C3)ccc21. The van der Waals surface area contributed by atoms with Gasteiger partial charge in [0.1, 0.15) is 5.60 Å². The lowest BCUT2D eigenvalue weighted by molar-refractivity contribution is 0.0273. The number of benzene rings is 1. The third kappa shape index (κ3) is 3.49. The summed E-state index contributed by atoms with van der Waals surface area (Å²) in [6.45, 7) is 9.23. The zero-order chi connectivity index (χ0) is 16.6. The molecule has 0 fully saturated rings. The maximum atomic E-state index is 12.3. The first kappa shape index (κ1) is 15.9. The van der Waals surface area contributed by atoms with Gasteiger partial charge in [0.2, 0.25) is 0 Å². The second kappa shape index (κ2) is 5.88. The molecule has 0 spiro atoms. The molecule has 3 nitrogen and oxygen atoms in total. The van der Waals surface area contributed by atoms with Crippen LogP contribution < -0.4 is 0 Å². The summed E-state index contributed by atoms with van der Waals surface area (Å²) in [7, 11) is 0. The molecule has 1 aliphatic carbocycles. The van der Waals surface area contributed by atoms with E-state index < -0.39 is 5.60 Å². The van der Waals surface area contributed by atoms with Crippen molar-refractivity contribution in [3.05, 3.63) is 47.0 Å². The zero-order valence-electron chi connectivity index (χ0n) is 14.5. The molecule has 2 aliphatic rings. The summed E-state index contributed by atoms with van der Waals surface area (Å²) in [5.74, 6) is 0. The van der Waals surface area contributed by atoms with Gasteiger partial charge >= 0.3 is 6.09 Å². The van der Waals surface area contributed by atoms with Gasteiger partial charge in [0.15, 0.2) is 0 Å². The summed E-state index contributed by atoms with van der Waals surface area (Å²) in [4.78, 5) is 14.1. The average molecular weight is 311 g/mol. The van der Waals surface area contributed by atoms with Gasteiger partial charge < -0.3 is 9.64 Å². The lowest BCUT2D eigenvalue weighted by Crippen LogP contribution is -2.39. The van der Waals surface area contributed by atoms with Crippen LogP contribution >= 0.6 is 0 Å². The molecule has 1 heterocycles. The fourth-order valence-electron chi connectivity index (χ4n) is 3.16. The van der Waals surface area contributed by atoms with Crippen LogP contribution in [0.1, 0.15) is 50.8 Å².